The molecule has 0 aromatic carbocycles. The largest absolute Gasteiger partial charge is 0.103 e. The lowest BCUT2D eigenvalue weighted by Gasteiger charge is -2.22. The van der Waals surface area contributed by atoms with Gasteiger partial charge in [0.1, 0.15) is 0 Å². The van der Waals surface area contributed by atoms with Crippen molar-refractivity contribution in [2.45, 2.75) is 93.4 Å². The topological polar surface area (TPSA) is 0 Å². The van der Waals surface area contributed by atoms with Gasteiger partial charge in [-0.2, -0.15) is 0 Å². The summed E-state index contributed by atoms with van der Waals surface area (Å²) >= 11 is 0. The van der Waals surface area contributed by atoms with Crippen molar-refractivity contribution in [3.05, 3.63) is 24.8 Å². The molecule has 0 aromatic rings. The van der Waals surface area contributed by atoms with Crippen molar-refractivity contribution >= 4 is 0 Å². The van der Waals surface area contributed by atoms with Gasteiger partial charge in [-0.25, -0.2) is 0 Å². The maximum atomic E-state index is 3.36. The third-order valence-corrected chi connectivity index (χ3v) is 4.96. The minimum absolute atomic E-state index is 0.889. The molecule has 0 radical (unpaired) electrons. The average Bonchev–Trinajstić information content (AvgIpc) is 2.50. The molecule has 0 aromatic heterocycles. The van der Waals surface area contributed by atoms with Crippen LogP contribution in [0.4, 0.5) is 0 Å². The Labute approximate surface area is 142 Å². The Morgan fingerprint density at radius 2 is 1.23 bits per heavy atom. The van der Waals surface area contributed by atoms with Crippen LogP contribution in [-0.2, 0) is 0 Å². The van der Waals surface area contributed by atoms with Gasteiger partial charge in [-0.1, -0.05) is 85.0 Å². The van der Waals surface area contributed by atoms with Crippen LogP contribution in [0.5, 0.6) is 0 Å². The normalized spacial score (nSPS) is 16.5. The number of hydrogen-bond acceptors (Lipinski definition) is 0. The molecule has 0 spiro atoms. The molecule has 0 heteroatoms. The van der Waals surface area contributed by atoms with Gasteiger partial charge in [0.15, 0.2) is 0 Å². The van der Waals surface area contributed by atoms with Crippen molar-refractivity contribution in [1.82, 2.24) is 0 Å². The van der Waals surface area contributed by atoms with Crippen LogP contribution in [0.25, 0.3) is 0 Å². The van der Waals surface area contributed by atoms with Crippen LogP contribution in [-0.4, -0.2) is 0 Å². The van der Waals surface area contributed by atoms with Crippen LogP contribution in [0, 0.1) is 23.7 Å². The third-order valence-electron chi connectivity index (χ3n) is 4.96. The fraction of sp³-hybridized carbons (Fsp3) is 0.818. The quantitative estimate of drug-likeness (QED) is 0.339. The highest BCUT2D eigenvalue weighted by molar-refractivity contribution is 4.77. The highest BCUT2D eigenvalue weighted by atomic mass is 14.2. The molecule has 4 unspecified atom stereocenters. The first kappa shape index (κ1) is 23.7. The summed E-state index contributed by atoms with van der Waals surface area (Å²) in [6, 6.07) is 0. The summed E-state index contributed by atoms with van der Waals surface area (Å²) in [6.45, 7) is 19.4. The van der Waals surface area contributed by atoms with Gasteiger partial charge in [-0.3, -0.25) is 0 Å². The second kappa shape index (κ2) is 16.8. The molecular formula is C22H44. The highest BCUT2D eigenvalue weighted by Gasteiger charge is 2.14. The number of rotatable bonds is 11. The van der Waals surface area contributed by atoms with Gasteiger partial charge in [0.2, 0.25) is 0 Å². The predicted octanol–water partition coefficient (Wildman–Crippen LogP) is 8.05. The van der Waals surface area contributed by atoms with E-state index in [1.54, 1.807) is 6.08 Å². The molecule has 0 aliphatic carbocycles. The van der Waals surface area contributed by atoms with Crippen molar-refractivity contribution in [1.29, 1.82) is 0 Å². The monoisotopic (exact) mass is 308 g/mol. The summed E-state index contributed by atoms with van der Waals surface area (Å²) in [5, 5.41) is 0. The van der Waals surface area contributed by atoms with E-state index in [-0.39, 0.29) is 0 Å². The van der Waals surface area contributed by atoms with E-state index < -0.39 is 0 Å². The van der Waals surface area contributed by atoms with Gasteiger partial charge in [0, 0.05) is 0 Å². The van der Waals surface area contributed by atoms with Crippen LogP contribution in [0.3, 0.4) is 0 Å². The van der Waals surface area contributed by atoms with E-state index in [0.29, 0.717) is 0 Å². The zero-order valence-corrected chi connectivity index (χ0v) is 16.7. The van der Waals surface area contributed by atoms with Crippen LogP contribution >= 0.6 is 0 Å². The zero-order valence-electron chi connectivity index (χ0n) is 16.7. The minimum Gasteiger partial charge on any atom is -0.103 e. The predicted molar refractivity (Wildman–Crippen MR) is 105 cm³/mol. The summed E-state index contributed by atoms with van der Waals surface area (Å²) in [5.74, 6) is 3.60. The Hall–Kier alpha value is -0.520. The standard InChI is InChI=1S/C19H38.C3H6/c1-7-9-10-11-17(4)13-15-19(6)18(5)14-12-16(3)8-2;1-3-2/h7,9,16-19H,8,10-15H2,1-6H3;3H,1H2,2H3/b9-7+;. The van der Waals surface area contributed by atoms with Crippen molar-refractivity contribution < 1.29 is 0 Å². The van der Waals surface area contributed by atoms with E-state index >= 15 is 0 Å². The molecule has 0 saturated heterocycles. The van der Waals surface area contributed by atoms with E-state index in [4.69, 9.17) is 0 Å². The summed E-state index contributed by atoms with van der Waals surface area (Å²) in [7, 11) is 0. The third kappa shape index (κ3) is 15.9. The van der Waals surface area contributed by atoms with E-state index in [1.807, 2.05) is 6.92 Å². The van der Waals surface area contributed by atoms with Gasteiger partial charge in [0.25, 0.3) is 0 Å². The molecule has 0 heterocycles. The summed E-state index contributed by atoms with van der Waals surface area (Å²) < 4.78 is 0. The molecule has 0 fully saturated rings. The molecule has 0 bridgehead atoms. The molecule has 0 nitrogen and oxygen atoms in total. The molecule has 0 N–H and O–H groups in total. The fourth-order valence-electron chi connectivity index (χ4n) is 2.56. The Morgan fingerprint density at radius 3 is 1.64 bits per heavy atom. The lowest BCUT2D eigenvalue weighted by Crippen LogP contribution is -2.11. The molecule has 22 heavy (non-hydrogen) atoms. The van der Waals surface area contributed by atoms with E-state index in [9.17, 15) is 0 Å². The Morgan fingerprint density at radius 1 is 0.773 bits per heavy atom. The van der Waals surface area contributed by atoms with Crippen molar-refractivity contribution in [3.8, 4) is 0 Å². The molecule has 4 atom stereocenters. The molecule has 0 amide bonds. The second-order valence-corrected chi connectivity index (χ2v) is 7.28. The Kier molecular flexibility index (Phi) is 18.2. The molecule has 0 saturated carbocycles. The van der Waals surface area contributed by atoms with Gasteiger partial charge in [-0.05, 0) is 50.4 Å². The van der Waals surface area contributed by atoms with Crippen LogP contribution in [0.2, 0.25) is 0 Å². The second-order valence-electron chi connectivity index (χ2n) is 7.28. The van der Waals surface area contributed by atoms with Crippen molar-refractivity contribution in [2.75, 3.05) is 0 Å². The van der Waals surface area contributed by atoms with E-state index in [1.165, 1.54) is 44.9 Å². The van der Waals surface area contributed by atoms with Gasteiger partial charge < -0.3 is 0 Å². The van der Waals surface area contributed by atoms with Crippen molar-refractivity contribution in [3.63, 3.8) is 0 Å². The van der Waals surface area contributed by atoms with Crippen LogP contribution in [0.15, 0.2) is 24.8 Å². The van der Waals surface area contributed by atoms with Crippen LogP contribution < -0.4 is 0 Å². The maximum absolute atomic E-state index is 3.36. The van der Waals surface area contributed by atoms with Gasteiger partial charge >= 0.3 is 0 Å². The average molecular weight is 309 g/mol. The first-order valence-electron chi connectivity index (χ1n) is 9.60. The first-order chi connectivity index (χ1) is 10.4. The van der Waals surface area contributed by atoms with Gasteiger partial charge in [-0.15, -0.1) is 6.58 Å². The minimum atomic E-state index is 0.889. The molecule has 0 rings (SSSR count). The fourth-order valence-corrected chi connectivity index (χ4v) is 2.56. The highest BCUT2D eigenvalue weighted by Crippen LogP contribution is 2.26. The van der Waals surface area contributed by atoms with Crippen LogP contribution in [0.1, 0.15) is 93.4 Å². The van der Waals surface area contributed by atoms with E-state index in [0.717, 1.165) is 23.7 Å². The SMILES string of the molecule is C/C=C/CCC(C)CCC(C)C(C)CCC(C)CC.C=CC. The van der Waals surface area contributed by atoms with Gasteiger partial charge in [0.05, 0.1) is 0 Å². The number of allylic oxidation sites excluding steroid dienone is 3. The Balaban J connectivity index is 0. The molecule has 0 aliphatic heterocycles. The smallest absolute Gasteiger partial charge is 0.0348 e. The van der Waals surface area contributed by atoms with E-state index in [2.05, 4.69) is 60.3 Å². The summed E-state index contributed by atoms with van der Waals surface area (Å²) in [5.41, 5.74) is 0. The molecular weight excluding hydrogens is 264 g/mol. The van der Waals surface area contributed by atoms with Crippen molar-refractivity contribution in [2.24, 2.45) is 23.7 Å². The lowest BCUT2D eigenvalue weighted by molar-refractivity contribution is 0.292. The molecule has 132 valence electrons. The first-order valence-corrected chi connectivity index (χ1v) is 9.60. The zero-order chi connectivity index (χ0) is 17.4. The summed E-state index contributed by atoms with van der Waals surface area (Å²) in [6.07, 6.45) is 15.8. The molecule has 0 aliphatic rings. The Bertz CT molecular complexity index is 251. The maximum Gasteiger partial charge on any atom is -0.0348 e. The summed E-state index contributed by atoms with van der Waals surface area (Å²) in [4.78, 5) is 0. The lowest BCUT2D eigenvalue weighted by atomic mass is 9.83. The number of hydrogen-bond donors (Lipinski definition) is 0.